The van der Waals surface area contributed by atoms with Crippen LogP contribution in [0.1, 0.15) is 5.56 Å². The maximum absolute atomic E-state index is 10.0. The van der Waals surface area contributed by atoms with Gasteiger partial charge in [0.1, 0.15) is 0 Å². The van der Waals surface area contributed by atoms with Crippen molar-refractivity contribution in [3.63, 3.8) is 0 Å². The lowest BCUT2D eigenvalue weighted by atomic mass is 10.2. The normalized spacial score (nSPS) is 9.38. The first-order chi connectivity index (χ1) is 6.24. The molecule has 3 heteroatoms. The molecule has 0 spiro atoms. The predicted molar refractivity (Wildman–Crippen MR) is 53.7 cm³/mol. The SMILES string of the molecule is CN(C)c1ccc(CNC=O)cc1. The van der Waals surface area contributed by atoms with E-state index in [0.717, 1.165) is 11.3 Å². The van der Waals surface area contributed by atoms with Crippen molar-refractivity contribution in [2.75, 3.05) is 19.0 Å². The fourth-order valence-electron chi connectivity index (χ4n) is 1.07. The molecule has 1 N–H and O–H groups in total. The molecule has 0 bridgehead atoms. The van der Waals surface area contributed by atoms with Gasteiger partial charge in [-0.2, -0.15) is 0 Å². The highest BCUT2D eigenvalue weighted by atomic mass is 16.1. The molecule has 0 unspecified atom stereocenters. The number of anilines is 1. The van der Waals surface area contributed by atoms with Crippen LogP contribution in [0.5, 0.6) is 0 Å². The van der Waals surface area contributed by atoms with Crippen molar-refractivity contribution in [3.05, 3.63) is 29.8 Å². The zero-order valence-corrected chi connectivity index (χ0v) is 7.95. The third-order valence-corrected chi connectivity index (χ3v) is 1.84. The molecule has 1 rings (SSSR count). The molecule has 0 heterocycles. The number of nitrogens with zero attached hydrogens (tertiary/aromatic N) is 1. The number of amides is 1. The third-order valence-electron chi connectivity index (χ3n) is 1.84. The summed E-state index contributed by atoms with van der Waals surface area (Å²) in [6.07, 6.45) is 0.708. The molecule has 0 aliphatic heterocycles. The topological polar surface area (TPSA) is 32.3 Å². The van der Waals surface area contributed by atoms with E-state index < -0.39 is 0 Å². The van der Waals surface area contributed by atoms with Gasteiger partial charge in [-0.3, -0.25) is 4.79 Å². The zero-order chi connectivity index (χ0) is 9.68. The van der Waals surface area contributed by atoms with Crippen LogP contribution < -0.4 is 10.2 Å². The molecule has 0 radical (unpaired) electrons. The number of hydrogen-bond donors (Lipinski definition) is 1. The molecule has 1 amide bonds. The van der Waals surface area contributed by atoms with Crippen molar-refractivity contribution in [1.82, 2.24) is 5.32 Å². The molecule has 1 aromatic carbocycles. The first-order valence-corrected chi connectivity index (χ1v) is 4.17. The Morgan fingerprint density at radius 3 is 2.38 bits per heavy atom. The van der Waals surface area contributed by atoms with Crippen molar-refractivity contribution in [2.45, 2.75) is 6.54 Å². The second-order valence-corrected chi connectivity index (χ2v) is 3.06. The van der Waals surface area contributed by atoms with E-state index in [-0.39, 0.29) is 0 Å². The standard InChI is InChI=1S/C10H14N2O/c1-12(2)10-5-3-9(4-6-10)7-11-8-13/h3-6,8H,7H2,1-2H3,(H,11,13). The van der Waals surface area contributed by atoms with E-state index in [4.69, 9.17) is 0 Å². The van der Waals surface area contributed by atoms with Gasteiger partial charge in [-0.05, 0) is 17.7 Å². The van der Waals surface area contributed by atoms with Crippen LogP contribution in [-0.4, -0.2) is 20.5 Å². The molecule has 0 aliphatic carbocycles. The molecule has 0 fully saturated rings. The molecule has 70 valence electrons. The monoisotopic (exact) mass is 178 g/mol. The Morgan fingerprint density at radius 2 is 1.92 bits per heavy atom. The molecule has 0 atom stereocenters. The molecule has 3 nitrogen and oxygen atoms in total. The molecule has 1 aromatic rings. The fraction of sp³-hybridized carbons (Fsp3) is 0.300. The summed E-state index contributed by atoms with van der Waals surface area (Å²) in [6, 6.07) is 8.07. The predicted octanol–water partition coefficient (Wildman–Crippen LogP) is 0.999. The number of benzene rings is 1. The number of rotatable bonds is 4. The molecular formula is C10H14N2O. The van der Waals surface area contributed by atoms with Crippen LogP contribution in [-0.2, 0) is 11.3 Å². The molecule has 0 saturated carbocycles. The summed E-state index contributed by atoms with van der Waals surface area (Å²) in [5.41, 5.74) is 2.27. The largest absolute Gasteiger partial charge is 0.378 e. The average Bonchev–Trinajstić information content (AvgIpc) is 2.15. The van der Waals surface area contributed by atoms with Crippen molar-refractivity contribution in [3.8, 4) is 0 Å². The van der Waals surface area contributed by atoms with E-state index in [9.17, 15) is 4.79 Å². The van der Waals surface area contributed by atoms with Crippen LogP contribution >= 0.6 is 0 Å². The Balaban J connectivity index is 2.64. The highest BCUT2D eigenvalue weighted by Gasteiger charge is 1.94. The fourth-order valence-corrected chi connectivity index (χ4v) is 1.07. The van der Waals surface area contributed by atoms with Crippen molar-refractivity contribution in [2.24, 2.45) is 0 Å². The summed E-state index contributed by atoms with van der Waals surface area (Å²) in [4.78, 5) is 12.1. The smallest absolute Gasteiger partial charge is 0.207 e. The number of carbonyl (C=O) groups excluding carboxylic acids is 1. The van der Waals surface area contributed by atoms with Gasteiger partial charge in [-0.15, -0.1) is 0 Å². The first-order valence-electron chi connectivity index (χ1n) is 4.17. The lowest BCUT2D eigenvalue weighted by Crippen LogP contribution is -2.11. The summed E-state index contributed by atoms with van der Waals surface area (Å²) in [5, 5.41) is 2.62. The third kappa shape index (κ3) is 2.78. The van der Waals surface area contributed by atoms with Crippen molar-refractivity contribution in [1.29, 1.82) is 0 Å². The number of nitrogens with one attached hydrogen (secondary N) is 1. The second kappa shape index (κ2) is 4.50. The Labute approximate surface area is 78.4 Å². The summed E-state index contributed by atoms with van der Waals surface area (Å²) in [6.45, 7) is 0.594. The second-order valence-electron chi connectivity index (χ2n) is 3.06. The van der Waals surface area contributed by atoms with Crippen LogP contribution in [0.25, 0.3) is 0 Å². The van der Waals surface area contributed by atoms with Crippen LogP contribution in [0.3, 0.4) is 0 Å². The van der Waals surface area contributed by atoms with Crippen LogP contribution in [0.15, 0.2) is 24.3 Å². The minimum absolute atomic E-state index is 0.594. The van der Waals surface area contributed by atoms with Gasteiger partial charge in [0.05, 0.1) is 0 Å². The van der Waals surface area contributed by atoms with Crippen molar-refractivity contribution >= 4 is 12.1 Å². The van der Waals surface area contributed by atoms with Crippen LogP contribution in [0, 0.1) is 0 Å². The highest BCUT2D eigenvalue weighted by molar-refractivity contribution is 5.48. The van der Waals surface area contributed by atoms with Gasteiger partial charge in [0, 0.05) is 26.3 Å². The quantitative estimate of drug-likeness (QED) is 0.697. The Bertz CT molecular complexity index is 267. The molecule has 0 saturated heterocycles. The summed E-state index contributed by atoms with van der Waals surface area (Å²) >= 11 is 0. The minimum atomic E-state index is 0.594. The first kappa shape index (κ1) is 9.58. The molecule has 13 heavy (non-hydrogen) atoms. The number of hydrogen-bond acceptors (Lipinski definition) is 2. The van der Waals surface area contributed by atoms with Crippen molar-refractivity contribution < 1.29 is 4.79 Å². The zero-order valence-electron chi connectivity index (χ0n) is 7.95. The Kier molecular flexibility index (Phi) is 3.31. The summed E-state index contributed by atoms with van der Waals surface area (Å²) < 4.78 is 0. The van der Waals surface area contributed by atoms with E-state index in [1.54, 1.807) is 0 Å². The van der Waals surface area contributed by atoms with Gasteiger partial charge in [-0.1, -0.05) is 12.1 Å². The van der Waals surface area contributed by atoms with Gasteiger partial charge < -0.3 is 10.2 Å². The van der Waals surface area contributed by atoms with Gasteiger partial charge in [0.2, 0.25) is 6.41 Å². The van der Waals surface area contributed by atoms with E-state index in [2.05, 4.69) is 5.32 Å². The van der Waals surface area contributed by atoms with Gasteiger partial charge in [-0.25, -0.2) is 0 Å². The lowest BCUT2D eigenvalue weighted by Gasteiger charge is -2.12. The van der Waals surface area contributed by atoms with E-state index in [0.29, 0.717) is 13.0 Å². The van der Waals surface area contributed by atoms with Gasteiger partial charge in [0.15, 0.2) is 0 Å². The summed E-state index contributed by atoms with van der Waals surface area (Å²) in [7, 11) is 4.00. The lowest BCUT2D eigenvalue weighted by molar-refractivity contribution is -0.109. The maximum atomic E-state index is 10.0. The molecule has 0 aliphatic rings. The maximum Gasteiger partial charge on any atom is 0.207 e. The summed E-state index contributed by atoms with van der Waals surface area (Å²) in [5.74, 6) is 0. The molecular weight excluding hydrogens is 164 g/mol. The van der Waals surface area contributed by atoms with E-state index in [1.807, 2.05) is 43.3 Å². The molecule has 0 aromatic heterocycles. The average molecular weight is 178 g/mol. The van der Waals surface area contributed by atoms with Crippen LogP contribution in [0.4, 0.5) is 5.69 Å². The van der Waals surface area contributed by atoms with E-state index >= 15 is 0 Å². The highest BCUT2D eigenvalue weighted by Crippen LogP contribution is 2.11. The minimum Gasteiger partial charge on any atom is -0.378 e. The van der Waals surface area contributed by atoms with E-state index in [1.165, 1.54) is 0 Å². The van der Waals surface area contributed by atoms with Gasteiger partial charge >= 0.3 is 0 Å². The Morgan fingerprint density at radius 1 is 1.31 bits per heavy atom. The van der Waals surface area contributed by atoms with Crippen LogP contribution in [0.2, 0.25) is 0 Å². The van der Waals surface area contributed by atoms with Gasteiger partial charge in [0.25, 0.3) is 0 Å². The Hall–Kier alpha value is -1.51. The number of carbonyl (C=O) groups is 1.